The second kappa shape index (κ2) is 38.0. The molecular weight excluding hydrogens is 1080 g/mol. The average Bonchev–Trinajstić information content (AvgIpc) is 3.26. The van der Waals surface area contributed by atoms with Crippen molar-refractivity contribution >= 4 is 32.0 Å². The van der Waals surface area contributed by atoms with Gasteiger partial charge < -0.3 is 38.3 Å². The van der Waals surface area contributed by atoms with E-state index in [0.29, 0.717) is 45.1 Å². The number of esters is 2. The number of hydrogen-bond acceptors (Lipinski definition) is 10. The molecule has 12 heteroatoms. The lowest BCUT2D eigenvalue weighted by atomic mass is 9.81. The maximum atomic E-state index is 12.1. The van der Waals surface area contributed by atoms with Gasteiger partial charge in [-0.1, -0.05) is 148 Å². The Hall–Kier alpha value is -7.11. The molecule has 6 aromatic rings. The Morgan fingerprint density at radius 2 is 0.929 bits per heavy atom. The van der Waals surface area contributed by atoms with Gasteiger partial charge in [-0.3, -0.25) is 9.59 Å². The van der Waals surface area contributed by atoms with E-state index in [1.165, 1.54) is 11.1 Å². The molecule has 6 rings (SSSR count). The highest BCUT2D eigenvalue weighted by Crippen LogP contribution is 2.42. The zero-order chi connectivity index (χ0) is 61.0. The van der Waals surface area contributed by atoms with Crippen LogP contribution in [0.2, 0.25) is 0 Å². The lowest BCUT2D eigenvalue weighted by Crippen LogP contribution is -2.14. The van der Waals surface area contributed by atoms with Crippen molar-refractivity contribution in [2.24, 2.45) is 0 Å². The van der Waals surface area contributed by atoms with Crippen molar-refractivity contribution in [1.82, 2.24) is 0 Å². The third-order valence-electron chi connectivity index (χ3n) is 13.7. The average molecular weight is 1180 g/mol. The fourth-order valence-electron chi connectivity index (χ4n) is 9.26. The minimum atomic E-state index is -0.205. The number of halogens is 1. The molecule has 10 nitrogen and oxygen atoms in total. The summed E-state index contributed by atoms with van der Waals surface area (Å²) in [5.74, 6) is 4.44. The summed E-state index contributed by atoms with van der Waals surface area (Å²) < 4.78 is 39.7. The summed E-state index contributed by atoms with van der Waals surface area (Å²) in [5.41, 5.74) is 11.0. The number of ether oxygens (including phenoxy) is 7. The van der Waals surface area contributed by atoms with Crippen LogP contribution in [0.3, 0.4) is 0 Å². The number of alkyl halides is 1. The second-order valence-electron chi connectivity index (χ2n) is 22.3. The first kappa shape index (κ1) is 74.0. The predicted octanol–water partition coefficient (Wildman–Crippen LogP) is 18.9. The largest absolute Gasteiger partial charge is 0.508 e. The van der Waals surface area contributed by atoms with Gasteiger partial charge in [0.05, 0.1) is 53.5 Å². The summed E-state index contributed by atoms with van der Waals surface area (Å²) in [6.45, 7) is 27.8. The molecular formula is C73H97BClO10. The Labute approximate surface area is 517 Å². The van der Waals surface area contributed by atoms with Crippen molar-refractivity contribution in [3.8, 4) is 56.8 Å². The fraction of sp³-hybridized carbons (Fsp3) is 0.425. The van der Waals surface area contributed by atoms with E-state index in [9.17, 15) is 14.7 Å². The number of phenolic OH excluding ortho intramolecular Hbond substituents is 1. The van der Waals surface area contributed by atoms with Gasteiger partial charge in [0.1, 0.15) is 41.1 Å². The molecule has 0 spiro atoms. The maximum absolute atomic E-state index is 12.1. The summed E-state index contributed by atoms with van der Waals surface area (Å²) in [6.07, 6.45) is 12.7. The molecule has 0 aliphatic rings. The number of carbonyl (C=O) groups excluding carboxylic acids is 2. The molecule has 0 bridgehead atoms. The van der Waals surface area contributed by atoms with E-state index < -0.39 is 0 Å². The Morgan fingerprint density at radius 1 is 0.529 bits per heavy atom. The van der Waals surface area contributed by atoms with E-state index in [0.717, 1.165) is 106 Å². The Morgan fingerprint density at radius 3 is 1.31 bits per heavy atom. The third-order valence-corrected chi connectivity index (χ3v) is 14.0. The van der Waals surface area contributed by atoms with Gasteiger partial charge >= 0.3 is 11.9 Å². The summed E-state index contributed by atoms with van der Waals surface area (Å²) in [5, 5.41) is 9.22. The van der Waals surface area contributed by atoms with Crippen molar-refractivity contribution < 1.29 is 47.9 Å². The smallest absolute Gasteiger partial charge is 0.306 e. The van der Waals surface area contributed by atoms with Crippen LogP contribution in [-0.4, -0.2) is 66.1 Å². The molecule has 0 saturated heterocycles. The third kappa shape index (κ3) is 24.1. The van der Waals surface area contributed by atoms with Crippen molar-refractivity contribution in [3.05, 3.63) is 179 Å². The zero-order valence-electron chi connectivity index (χ0n) is 52.6. The number of carbonyl (C=O) groups is 2. The van der Waals surface area contributed by atoms with Gasteiger partial charge in [0.25, 0.3) is 0 Å². The first-order valence-electron chi connectivity index (χ1n) is 29.3. The molecule has 459 valence electrons. The highest BCUT2D eigenvalue weighted by atomic mass is 35.5. The number of phenols is 1. The summed E-state index contributed by atoms with van der Waals surface area (Å²) in [6, 6.07) is 39.9. The van der Waals surface area contributed by atoms with Gasteiger partial charge in [0.2, 0.25) is 0 Å². The van der Waals surface area contributed by atoms with Crippen molar-refractivity contribution in [1.29, 1.82) is 0 Å². The highest BCUT2D eigenvalue weighted by molar-refractivity contribution is 6.17. The van der Waals surface area contributed by atoms with Gasteiger partial charge in [-0.25, -0.2) is 0 Å². The SMILES string of the molecule is C.C/C=C/[C@H](CC(=O)OCC)c1ccc(O)cc1.C/C=C/[C@H](CC(=O)OCC)c1ccc(OCc2ccc(C(C)(C)C)c(-c3cc(OC)ccc3OCCCC)c2)cc1.CCCCOc1ccc(OC)cc1-c1cc(CCl)ccc1C(C)(C)C.[B]. The number of benzene rings is 6. The molecule has 0 fully saturated rings. The summed E-state index contributed by atoms with van der Waals surface area (Å²) in [4.78, 5) is 23.5. The second-order valence-corrected chi connectivity index (χ2v) is 22.5. The van der Waals surface area contributed by atoms with E-state index in [4.69, 9.17) is 44.8 Å². The molecule has 0 saturated carbocycles. The lowest BCUT2D eigenvalue weighted by molar-refractivity contribution is -0.144. The van der Waals surface area contributed by atoms with Crippen LogP contribution in [-0.2, 0) is 42.4 Å². The number of allylic oxidation sites excluding steroid dienone is 4. The van der Waals surface area contributed by atoms with Gasteiger partial charge in [-0.15, -0.1) is 11.6 Å². The standard InChI is InChI=1S/C36H46O5.C22H29ClO2.C14H18O3.CH4.B/c1-8-11-21-40-34-20-18-30(38-7)24-32(34)31-22-26(13-19-33(31)36(4,5)6)25-41-29-16-14-27(15-17-29)28(12-9-2)23-35(37)39-10-3;1-6-7-12-25-21-11-9-17(24-5)14-19(21)18-13-16(15-23)8-10-20(18)22(2,3)4;1-3-5-12(10-14(16)17-4-2)11-6-8-13(15)9-7-11;;/h9,12-20,22,24,28H,8,10-11,21,23,25H2,1-7H3;8-11,13-14H,6-7,12,15H2,1-5H3;3,5-9,12,15H,4,10H2,1-2H3;1H4;/b12-9+;;5-3+;;/t28-;;12-;;/m1.1../s1. The van der Waals surface area contributed by atoms with Crippen LogP contribution in [0.15, 0.2) is 146 Å². The molecule has 0 aliphatic heterocycles. The van der Waals surface area contributed by atoms with Crippen LogP contribution in [0.4, 0.5) is 0 Å². The van der Waals surface area contributed by atoms with E-state index in [2.05, 4.69) is 104 Å². The van der Waals surface area contributed by atoms with Gasteiger partial charge in [0.15, 0.2) is 0 Å². The van der Waals surface area contributed by atoms with E-state index >= 15 is 0 Å². The van der Waals surface area contributed by atoms with Crippen molar-refractivity contribution in [3.63, 3.8) is 0 Å². The normalized spacial score (nSPS) is 11.8. The molecule has 6 aromatic carbocycles. The van der Waals surface area contributed by atoms with Crippen LogP contribution in [0, 0.1) is 0 Å². The molecule has 1 N–H and O–H groups in total. The predicted molar refractivity (Wildman–Crippen MR) is 354 cm³/mol. The van der Waals surface area contributed by atoms with Crippen LogP contribution >= 0.6 is 11.6 Å². The molecule has 85 heavy (non-hydrogen) atoms. The van der Waals surface area contributed by atoms with Gasteiger partial charge in [-0.2, -0.15) is 0 Å². The molecule has 0 aromatic heterocycles. The monoisotopic (exact) mass is 1180 g/mol. The summed E-state index contributed by atoms with van der Waals surface area (Å²) in [7, 11) is 3.38. The number of rotatable bonds is 26. The molecule has 0 unspecified atom stereocenters. The number of aromatic hydroxyl groups is 1. The first-order chi connectivity index (χ1) is 39.8. The quantitative estimate of drug-likeness (QED) is 0.0185. The Balaban J connectivity index is 0.000000476. The topological polar surface area (TPSA) is 119 Å². The molecule has 3 radical (unpaired) electrons. The number of unbranched alkanes of at least 4 members (excludes halogenated alkanes) is 2. The van der Waals surface area contributed by atoms with Crippen molar-refractivity contribution in [2.75, 3.05) is 40.6 Å². The Bertz CT molecular complexity index is 2970. The van der Waals surface area contributed by atoms with Crippen LogP contribution < -0.4 is 23.7 Å². The minimum Gasteiger partial charge on any atom is -0.508 e. The fourth-order valence-corrected chi connectivity index (χ4v) is 9.43. The number of hydrogen-bond donors (Lipinski definition) is 1. The van der Waals surface area contributed by atoms with Crippen LogP contribution in [0.1, 0.15) is 174 Å². The highest BCUT2D eigenvalue weighted by Gasteiger charge is 2.24. The minimum absolute atomic E-state index is 0. The van der Waals surface area contributed by atoms with Gasteiger partial charge in [0, 0.05) is 37.3 Å². The van der Waals surface area contributed by atoms with E-state index in [1.54, 1.807) is 33.3 Å². The molecule has 0 heterocycles. The zero-order valence-corrected chi connectivity index (χ0v) is 53.3. The van der Waals surface area contributed by atoms with Crippen LogP contribution in [0.5, 0.6) is 34.5 Å². The molecule has 2 atom stereocenters. The first-order valence-corrected chi connectivity index (χ1v) is 29.8. The van der Waals surface area contributed by atoms with E-state index in [1.807, 2.05) is 106 Å². The Kier molecular flexibility index (Phi) is 33.1. The van der Waals surface area contributed by atoms with E-state index in [-0.39, 0.29) is 56.2 Å². The molecule has 0 aliphatic carbocycles. The van der Waals surface area contributed by atoms with Crippen LogP contribution in [0.25, 0.3) is 22.3 Å². The lowest BCUT2D eigenvalue weighted by Gasteiger charge is -2.25. The summed E-state index contributed by atoms with van der Waals surface area (Å²) >= 11 is 6.10. The maximum Gasteiger partial charge on any atom is 0.306 e. The number of methoxy groups -OCH3 is 2. The van der Waals surface area contributed by atoms with Gasteiger partial charge in [-0.05, 0) is 169 Å². The van der Waals surface area contributed by atoms with Crippen molar-refractivity contribution in [2.45, 2.75) is 164 Å². The molecule has 0 amide bonds.